The maximum Gasteiger partial charge on any atom is 0.0115 e. The van der Waals surface area contributed by atoms with Gasteiger partial charge in [0.15, 0.2) is 0 Å². The van der Waals surface area contributed by atoms with Crippen LogP contribution in [0.4, 0.5) is 0 Å². The van der Waals surface area contributed by atoms with Gasteiger partial charge in [-0.15, -0.1) is 0 Å². The fourth-order valence-corrected chi connectivity index (χ4v) is 2.43. The van der Waals surface area contributed by atoms with E-state index in [-0.39, 0.29) is 0 Å². The van der Waals surface area contributed by atoms with Crippen LogP contribution in [0, 0.1) is 5.92 Å². The van der Waals surface area contributed by atoms with Gasteiger partial charge in [0.25, 0.3) is 0 Å². The molecule has 1 heterocycles. The second kappa shape index (κ2) is 4.24. The van der Waals surface area contributed by atoms with E-state index in [2.05, 4.69) is 18.2 Å². The van der Waals surface area contributed by atoms with Gasteiger partial charge in [-0.05, 0) is 18.8 Å². The molecule has 1 nitrogen and oxygen atoms in total. The third-order valence-electron chi connectivity index (χ3n) is 1.93. The maximum atomic E-state index is 2.51. The largest absolute Gasteiger partial charge is 0.250 e. The molecule has 0 aromatic carbocycles. The fraction of sp³-hybridized carbons (Fsp3) is 1.00. The zero-order valence-electron chi connectivity index (χ0n) is 6.97. The van der Waals surface area contributed by atoms with Crippen LogP contribution in [0.3, 0.4) is 0 Å². The summed E-state index contributed by atoms with van der Waals surface area (Å²) in [5, 5.41) is 0. The molecule has 1 unspecified atom stereocenters. The van der Waals surface area contributed by atoms with Crippen molar-refractivity contribution in [2.75, 3.05) is 18.8 Å². The van der Waals surface area contributed by atoms with Crippen LogP contribution in [0.2, 0.25) is 0 Å². The van der Waals surface area contributed by atoms with Crippen molar-refractivity contribution in [3.8, 4) is 0 Å². The van der Waals surface area contributed by atoms with Crippen molar-refractivity contribution in [2.45, 2.75) is 26.7 Å². The highest BCUT2D eigenvalue weighted by atomic mass is 32.2. The third-order valence-corrected chi connectivity index (χ3v) is 2.89. The van der Waals surface area contributed by atoms with Crippen LogP contribution < -0.4 is 0 Å². The second-order valence-electron chi connectivity index (χ2n) is 3.05. The molecular formula is C8H17NS. The average Bonchev–Trinajstić information content (AvgIpc) is 1.88. The Morgan fingerprint density at radius 1 is 1.60 bits per heavy atom. The van der Waals surface area contributed by atoms with Crippen LogP contribution in [0.25, 0.3) is 0 Å². The molecule has 1 rings (SSSR count). The van der Waals surface area contributed by atoms with Gasteiger partial charge in [0.05, 0.1) is 0 Å². The first-order valence-electron chi connectivity index (χ1n) is 4.20. The van der Waals surface area contributed by atoms with E-state index in [1.807, 2.05) is 11.9 Å². The van der Waals surface area contributed by atoms with E-state index in [0.29, 0.717) is 0 Å². The predicted octanol–water partition coefficient (Wildman–Crippen LogP) is 2.39. The predicted molar refractivity (Wildman–Crippen MR) is 48.1 cm³/mol. The molecule has 2 heteroatoms. The van der Waals surface area contributed by atoms with Crippen LogP contribution in [-0.4, -0.2) is 23.1 Å². The Hall–Kier alpha value is 0.310. The summed E-state index contributed by atoms with van der Waals surface area (Å²) >= 11 is 1.99. The Balaban J connectivity index is 2.18. The lowest BCUT2D eigenvalue weighted by molar-refractivity contribution is 0.302. The van der Waals surface area contributed by atoms with Crippen molar-refractivity contribution < 1.29 is 0 Å². The lowest BCUT2D eigenvalue weighted by Gasteiger charge is -2.29. The maximum absolute atomic E-state index is 2.51. The summed E-state index contributed by atoms with van der Waals surface area (Å²) in [5.74, 6) is 2.15. The van der Waals surface area contributed by atoms with E-state index in [4.69, 9.17) is 0 Å². The lowest BCUT2D eigenvalue weighted by Crippen LogP contribution is -2.28. The van der Waals surface area contributed by atoms with Gasteiger partial charge in [-0.3, -0.25) is 4.31 Å². The quantitative estimate of drug-likeness (QED) is 0.569. The molecule has 0 saturated carbocycles. The molecule has 1 aliphatic heterocycles. The summed E-state index contributed by atoms with van der Waals surface area (Å²) in [7, 11) is 0. The van der Waals surface area contributed by atoms with Gasteiger partial charge in [-0.1, -0.05) is 25.8 Å². The van der Waals surface area contributed by atoms with Gasteiger partial charge in [0, 0.05) is 18.8 Å². The van der Waals surface area contributed by atoms with E-state index in [0.717, 1.165) is 5.92 Å². The standard InChI is InChI=1S/C8H17NS/c1-3-10-9-6-4-5-8(2)7-9/h8H,3-7H2,1-2H3. The lowest BCUT2D eigenvalue weighted by atomic mass is 10.0. The van der Waals surface area contributed by atoms with Crippen molar-refractivity contribution in [2.24, 2.45) is 5.92 Å². The van der Waals surface area contributed by atoms with Gasteiger partial charge in [0.2, 0.25) is 0 Å². The third kappa shape index (κ3) is 2.51. The van der Waals surface area contributed by atoms with Crippen molar-refractivity contribution in [1.29, 1.82) is 0 Å². The Morgan fingerprint density at radius 3 is 3.00 bits per heavy atom. The van der Waals surface area contributed by atoms with E-state index in [9.17, 15) is 0 Å². The van der Waals surface area contributed by atoms with Crippen LogP contribution >= 0.6 is 11.9 Å². The van der Waals surface area contributed by atoms with Crippen molar-refractivity contribution in [1.82, 2.24) is 4.31 Å². The normalized spacial score (nSPS) is 28.8. The molecular weight excluding hydrogens is 142 g/mol. The summed E-state index contributed by atoms with van der Waals surface area (Å²) < 4.78 is 2.51. The van der Waals surface area contributed by atoms with Crippen LogP contribution in [-0.2, 0) is 0 Å². The minimum Gasteiger partial charge on any atom is -0.250 e. The van der Waals surface area contributed by atoms with Crippen molar-refractivity contribution in [3.63, 3.8) is 0 Å². The van der Waals surface area contributed by atoms with E-state index < -0.39 is 0 Å². The van der Waals surface area contributed by atoms with Crippen LogP contribution in [0.5, 0.6) is 0 Å². The Morgan fingerprint density at radius 2 is 2.40 bits per heavy atom. The highest BCUT2D eigenvalue weighted by Crippen LogP contribution is 2.21. The molecule has 0 aliphatic carbocycles. The van der Waals surface area contributed by atoms with Gasteiger partial charge < -0.3 is 0 Å². The molecule has 1 atom stereocenters. The molecule has 60 valence electrons. The Kier molecular flexibility index (Phi) is 3.57. The summed E-state index contributed by atoms with van der Waals surface area (Å²) in [6.45, 7) is 7.19. The molecule has 10 heavy (non-hydrogen) atoms. The summed E-state index contributed by atoms with van der Waals surface area (Å²) in [5.41, 5.74) is 0. The van der Waals surface area contributed by atoms with E-state index in [1.54, 1.807) is 0 Å². The smallest absolute Gasteiger partial charge is 0.0115 e. The molecule has 1 aliphatic rings. The van der Waals surface area contributed by atoms with Crippen molar-refractivity contribution in [3.05, 3.63) is 0 Å². The molecule has 1 saturated heterocycles. The number of piperidine rings is 1. The molecule has 0 N–H and O–H groups in total. The molecule has 0 aromatic heterocycles. The average molecular weight is 159 g/mol. The zero-order valence-corrected chi connectivity index (χ0v) is 7.78. The molecule has 0 aromatic rings. The summed E-state index contributed by atoms with van der Waals surface area (Å²) in [6.07, 6.45) is 2.83. The van der Waals surface area contributed by atoms with Gasteiger partial charge in [0.1, 0.15) is 0 Å². The first kappa shape index (κ1) is 8.41. The molecule has 0 radical (unpaired) electrons. The SMILES string of the molecule is CCSN1CCCC(C)C1. The number of hydrogen-bond acceptors (Lipinski definition) is 2. The Labute approximate surface area is 68.3 Å². The molecule has 0 spiro atoms. The molecule has 0 bridgehead atoms. The van der Waals surface area contributed by atoms with E-state index >= 15 is 0 Å². The minimum atomic E-state index is 0.924. The second-order valence-corrected chi connectivity index (χ2v) is 4.41. The fourth-order valence-electron chi connectivity index (χ4n) is 1.45. The summed E-state index contributed by atoms with van der Waals surface area (Å²) in [6, 6.07) is 0. The number of hydrogen-bond donors (Lipinski definition) is 0. The highest BCUT2D eigenvalue weighted by molar-refractivity contribution is 7.96. The first-order valence-corrected chi connectivity index (χ1v) is 5.15. The highest BCUT2D eigenvalue weighted by Gasteiger charge is 2.15. The summed E-state index contributed by atoms with van der Waals surface area (Å²) in [4.78, 5) is 0. The molecule has 1 fully saturated rings. The number of rotatable bonds is 2. The monoisotopic (exact) mass is 159 g/mol. The van der Waals surface area contributed by atoms with Gasteiger partial charge in [-0.2, -0.15) is 0 Å². The van der Waals surface area contributed by atoms with Gasteiger partial charge in [-0.25, -0.2) is 0 Å². The number of nitrogens with zero attached hydrogens (tertiary/aromatic N) is 1. The minimum absolute atomic E-state index is 0.924. The topological polar surface area (TPSA) is 3.24 Å². The Bertz CT molecular complexity index is 93.3. The van der Waals surface area contributed by atoms with Crippen LogP contribution in [0.15, 0.2) is 0 Å². The van der Waals surface area contributed by atoms with Crippen molar-refractivity contribution >= 4 is 11.9 Å². The first-order chi connectivity index (χ1) is 4.83. The van der Waals surface area contributed by atoms with E-state index in [1.165, 1.54) is 31.7 Å². The zero-order chi connectivity index (χ0) is 7.40. The van der Waals surface area contributed by atoms with Gasteiger partial charge >= 0.3 is 0 Å². The molecule has 0 amide bonds. The van der Waals surface area contributed by atoms with Crippen LogP contribution in [0.1, 0.15) is 26.7 Å².